The van der Waals surface area contributed by atoms with E-state index in [0.29, 0.717) is 29.3 Å². The van der Waals surface area contributed by atoms with Crippen LogP contribution in [-0.2, 0) is 26.2 Å². The Labute approximate surface area is 218 Å². The van der Waals surface area contributed by atoms with Crippen molar-refractivity contribution >= 4 is 39.1 Å². The summed E-state index contributed by atoms with van der Waals surface area (Å²) in [5, 5.41) is 3.27. The zero-order valence-electron chi connectivity index (χ0n) is 21.3. The quantitative estimate of drug-likeness (QED) is 0.418. The van der Waals surface area contributed by atoms with Crippen LogP contribution >= 0.6 is 11.6 Å². The minimum Gasteiger partial charge on any atom is -0.497 e. The molecule has 0 radical (unpaired) electrons. The average Bonchev–Trinajstić information content (AvgIpc) is 2.85. The zero-order valence-corrected chi connectivity index (χ0v) is 22.9. The Morgan fingerprint density at radius 1 is 1.08 bits per heavy atom. The van der Waals surface area contributed by atoms with E-state index in [9.17, 15) is 18.0 Å². The SMILES string of the molecule is CCCNC(=O)[C@@H](CC)N(Cc1ccccc1Cl)C(=O)CN(c1cc(OC)ccc1OC)S(C)(=O)=O. The summed E-state index contributed by atoms with van der Waals surface area (Å²) in [5.74, 6) is -0.238. The minimum atomic E-state index is -3.93. The van der Waals surface area contributed by atoms with Crippen molar-refractivity contribution < 1.29 is 27.5 Å². The summed E-state index contributed by atoms with van der Waals surface area (Å²) in [7, 11) is -1.07. The highest BCUT2D eigenvalue weighted by Gasteiger charge is 2.33. The van der Waals surface area contributed by atoms with Crippen LogP contribution in [0.25, 0.3) is 0 Å². The van der Waals surface area contributed by atoms with Crippen molar-refractivity contribution in [3.8, 4) is 11.5 Å². The first kappa shape index (κ1) is 29.3. The number of anilines is 1. The topological polar surface area (TPSA) is 105 Å². The van der Waals surface area contributed by atoms with E-state index in [-0.39, 0.29) is 23.9 Å². The van der Waals surface area contributed by atoms with E-state index < -0.39 is 28.5 Å². The monoisotopic (exact) mass is 539 g/mol. The van der Waals surface area contributed by atoms with Gasteiger partial charge in [-0.05, 0) is 36.6 Å². The molecule has 36 heavy (non-hydrogen) atoms. The molecular formula is C25H34ClN3O6S. The average molecular weight is 540 g/mol. The maximum atomic E-state index is 13.7. The van der Waals surface area contributed by atoms with Gasteiger partial charge in [0.15, 0.2) is 0 Å². The highest BCUT2D eigenvalue weighted by Crippen LogP contribution is 2.34. The maximum absolute atomic E-state index is 13.7. The molecule has 0 spiro atoms. The number of nitrogens with one attached hydrogen (secondary N) is 1. The predicted octanol–water partition coefficient (Wildman–Crippen LogP) is 3.46. The Balaban J connectivity index is 2.53. The molecule has 0 fully saturated rings. The Morgan fingerprint density at radius 3 is 2.33 bits per heavy atom. The van der Waals surface area contributed by atoms with E-state index in [1.165, 1.54) is 25.2 Å². The van der Waals surface area contributed by atoms with Crippen LogP contribution in [0.4, 0.5) is 5.69 Å². The van der Waals surface area contributed by atoms with Gasteiger partial charge in [0, 0.05) is 24.2 Å². The van der Waals surface area contributed by atoms with Crippen LogP contribution in [0.1, 0.15) is 32.3 Å². The summed E-state index contributed by atoms with van der Waals surface area (Å²) in [4.78, 5) is 28.1. The van der Waals surface area contributed by atoms with Gasteiger partial charge in [-0.1, -0.05) is 43.6 Å². The largest absolute Gasteiger partial charge is 0.497 e. The summed E-state index contributed by atoms with van der Waals surface area (Å²) in [6, 6.07) is 10.9. The molecule has 1 atom stereocenters. The molecule has 11 heteroatoms. The molecule has 0 unspecified atom stereocenters. The lowest BCUT2D eigenvalue weighted by molar-refractivity contribution is -0.140. The Morgan fingerprint density at radius 2 is 1.78 bits per heavy atom. The maximum Gasteiger partial charge on any atom is 0.244 e. The van der Waals surface area contributed by atoms with Crippen LogP contribution in [0.15, 0.2) is 42.5 Å². The van der Waals surface area contributed by atoms with Crippen LogP contribution in [-0.4, -0.2) is 64.7 Å². The van der Waals surface area contributed by atoms with Gasteiger partial charge in [0.2, 0.25) is 21.8 Å². The summed E-state index contributed by atoms with van der Waals surface area (Å²) in [6.45, 7) is 3.66. The van der Waals surface area contributed by atoms with E-state index >= 15 is 0 Å². The lowest BCUT2D eigenvalue weighted by Crippen LogP contribution is -2.52. The van der Waals surface area contributed by atoms with Crippen LogP contribution in [0.3, 0.4) is 0 Å². The number of nitrogens with zero attached hydrogens (tertiary/aromatic N) is 2. The van der Waals surface area contributed by atoms with E-state index in [0.717, 1.165) is 17.0 Å². The van der Waals surface area contributed by atoms with Gasteiger partial charge in [0.1, 0.15) is 24.1 Å². The molecule has 0 bridgehead atoms. The highest BCUT2D eigenvalue weighted by atomic mass is 35.5. The minimum absolute atomic E-state index is 0.0312. The molecule has 2 aromatic rings. The first-order valence-electron chi connectivity index (χ1n) is 11.6. The molecule has 9 nitrogen and oxygen atoms in total. The number of carbonyl (C=O) groups is 2. The smallest absolute Gasteiger partial charge is 0.244 e. The fraction of sp³-hybridized carbons (Fsp3) is 0.440. The third-order valence-electron chi connectivity index (χ3n) is 5.57. The molecule has 198 valence electrons. The van der Waals surface area contributed by atoms with Crippen LogP contribution in [0.5, 0.6) is 11.5 Å². The van der Waals surface area contributed by atoms with E-state index in [1.807, 2.05) is 6.92 Å². The fourth-order valence-electron chi connectivity index (χ4n) is 3.68. The highest BCUT2D eigenvalue weighted by molar-refractivity contribution is 7.92. The van der Waals surface area contributed by atoms with Gasteiger partial charge in [-0.3, -0.25) is 13.9 Å². The molecule has 0 saturated carbocycles. The standard InChI is InChI=1S/C25H34ClN3O6S/c1-6-14-27-25(31)21(7-2)28(16-18-10-8-9-11-20(18)26)24(30)17-29(36(5,32)33)22-15-19(34-3)12-13-23(22)35-4/h8-13,15,21H,6-7,14,16-17H2,1-5H3,(H,27,31)/t21-/m1/s1. The van der Waals surface area contributed by atoms with Gasteiger partial charge in [0.05, 0.1) is 26.2 Å². The predicted molar refractivity (Wildman–Crippen MR) is 141 cm³/mol. The summed E-state index contributed by atoms with van der Waals surface area (Å²) in [6.07, 6.45) is 2.06. The number of methoxy groups -OCH3 is 2. The summed E-state index contributed by atoms with van der Waals surface area (Å²) < 4.78 is 37.2. The fourth-order valence-corrected chi connectivity index (χ4v) is 4.72. The van der Waals surface area contributed by atoms with Crippen LogP contribution < -0.4 is 19.1 Å². The molecule has 1 N–H and O–H groups in total. The molecule has 2 amide bonds. The van der Waals surface area contributed by atoms with Gasteiger partial charge in [0.25, 0.3) is 0 Å². The Hall–Kier alpha value is -2.98. The lowest BCUT2D eigenvalue weighted by Gasteiger charge is -2.33. The number of rotatable bonds is 13. The van der Waals surface area contributed by atoms with E-state index in [2.05, 4.69) is 5.32 Å². The van der Waals surface area contributed by atoms with Crippen molar-refractivity contribution in [1.82, 2.24) is 10.2 Å². The van der Waals surface area contributed by atoms with Crippen molar-refractivity contribution in [1.29, 1.82) is 0 Å². The van der Waals surface area contributed by atoms with E-state index in [4.69, 9.17) is 21.1 Å². The number of halogens is 1. The van der Waals surface area contributed by atoms with Crippen molar-refractivity contribution in [2.45, 2.75) is 39.3 Å². The van der Waals surface area contributed by atoms with Gasteiger partial charge >= 0.3 is 0 Å². The van der Waals surface area contributed by atoms with Gasteiger partial charge in [-0.15, -0.1) is 0 Å². The molecule has 0 aliphatic rings. The molecule has 0 heterocycles. The third kappa shape index (κ3) is 7.51. The molecule has 0 saturated heterocycles. The molecular weight excluding hydrogens is 506 g/mol. The molecule has 0 aromatic heterocycles. The Bertz CT molecular complexity index is 1160. The van der Waals surface area contributed by atoms with Crippen molar-refractivity contribution in [2.24, 2.45) is 0 Å². The number of sulfonamides is 1. The third-order valence-corrected chi connectivity index (χ3v) is 7.06. The number of carbonyl (C=O) groups excluding carboxylic acids is 2. The van der Waals surface area contributed by atoms with Crippen molar-refractivity contribution in [3.05, 3.63) is 53.1 Å². The number of hydrogen-bond acceptors (Lipinski definition) is 6. The number of amides is 2. The number of benzene rings is 2. The van der Waals surface area contributed by atoms with Crippen molar-refractivity contribution in [3.63, 3.8) is 0 Å². The van der Waals surface area contributed by atoms with Gasteiger partial charge < -0.3 is 19.7 Å². The number of hydrogen-bond donors (Lipinski definition) is 1. The summed E-state index contributed by atoms with van der Waals surface area (Å²) in [5.41, 5.74) is 0.785. The van der Waals surface area contributed by atoms with E-state index in [1.54, 1.807) is 43.3 Å². The number of ether oxygens (including phenoxy) is 2. The second kappa shape index (κ2) is 13.4. The molecule has 0 aliphatic carbocycles. The van der Waals surface area contributed by atoms with Crippen molar-refractivity contribution in [2.75, 3.05) is 37.9 Å². The zero-order chi connectivity index (χ0) is 26.9. The first-order valence-corrected chi connectivity index (χ1v) is 13.8. The normalized spacial score (nSPS) is 11.9. The lowest BCUT2D eigenvalue weighted by atomic mass is 10.1. The first-order chi connectivity index (χ1) is 17.1. The summed E-state index contributed by atoms with van der Waals surface area (Å²) >= 11 is 6.36. The second-order valence-corrected chi connectivity index (χ2v) is 10.4. The van der Waals surface area contributed by atoms with Gasteiger partial charge in [-0.25, -0.2) is 8.42 Å². The molecule has 2 rings (SSSR count). The molecule has 0 aliphatic heterocycles. The van der Waals surface area contributed by atoms with Crippen LogP contribution in [0, 0.1) is 0 Å². The van der Waals surface area contributed by atoms with Crippen LogP contribution in [0.2, 0.25) is 5.02 Å². The Kier molecular flexibility index (Phi) is 10.9. The van der Waals surface area contributed by atoms with Gasteiger partial charge in [-0.2, -0.15) is 0 Å². The molecule has 2 aromatic carbocycles. The second-order valence-electron chi connectivity index (χ2n) is 8.14.